The van der Waals surface area contributed by atoms with Crippen molar-refractivity contribution in [2.45, 2.75) is 26.5 Å². The number of carbonyl (C=O) groups is 2. The summed E-state index contributed by atoms with van der Waals surface area (Å²) in [6.45, 7) is 3.94. The quantitative estimate of drug-likeness (QED) is 0.674. The Labute approximate surface area is 95.0 Å². The zero-order valence-corrected chi connectivity index (χ0v) is 10.1. The van der Waals surface area contributed by atoms with Gasteiger partial charge in [-0.3, -0.25) is 14.5 Å². The van der Waals surface area contributed by atoms with Crippen molar-refractivity contribution in [2.24, 2.45) is 5.92 Å². The van der Waals surface area contributed by atoms with Gasteiger partial charge < -0.3 is 4.74 Å². The minimum atomic E-state index is -0.492. The van der Waals surface area contributed by atoms with E-state index in [1.807, 2.05) is 0 Å². The van der Waals surface area contributed by atoms with Crippen LogP contribution in [0.2, 0.25) is 0 Å². The summed E-state index contributed by atoms with van der Waals surface area (Å²) in [5.41, 5.74) is 0. The van der Waals surface area contributed by atoms with E-state index in [4.69, 9.17) is 9.57 Å². The molecule has 1 aliphatic rings. The van der Waals surface area contributed by atoms with E-state index in [2.05, 4.69) is 0 Å². The standard InChI is InChI=1S/C10H18N2O4/c1-7(2)9(13)16-8-5-6-12(15-4)10(14)11(8)3/h7-8H,5-6H2,1-4H3. The minimum Gasteiger partial charge on any atom is -0.441 e. The van der Waals surface area contributed by atoms with Crippen LogP contribution in [-0.4, -0.2) is 48.9 Å². The summed E-state index contributed by atoms with van der Waals surface area (Å²) in [6, 6.07) is -0.296. The zero-order chi connectivity index (χ0) is 12.3. The molecule has 1 rings (SSSR count). The average molecular weight is 230 g/mol. The van der Waals surface area contributed by atoms with Crippen molar-refractivity contribution < 1.29 is 19.2 Å². The first kappa shape index (κ1) is 12.8. The van der Waals surface area contributed by atoms with E-state index in [0.717, 1.165) is 0 Å². The SMILES string of the molecule is CON1CCC(OC(=O)C(C)C)N(C)C1=O. The number of urea groups is 1. The topological polar surface area (TPSA) is 59.1 Å². The van der Waals surface area contributed by atoms with Crippen LogP contribution in [0.3, 0.4) is 0 Å². The number of carbonyl (C=O) groups excluding carboxylic acids is 2. The molecule has 0 aromatic carbocycles. The van der Waals surface area contributed by atoms with Crippen molar-refractivity contribution in [3.8, 4) is 0 Å². The fourth-order valence-corrected chi connectivity index (χ4v) is 1.39. The van der Waals surface area contributed by atoms with Gasteiger partial charge in [-0.25, -0.2) is 9.86 Å². The monoisotopic (exact) mass is 230 g/mol. The van der Waals surface area contributed by atoms with Crippen LogP contribution in [0.4, 0.5) is 4.79 Å². The molecular formula is C10H18N2O4. The van der Waals surface area contributed by atoms with Crippen LogP contribution in [0.25, 0.3) is 0 Å². The van der Waals surface area contributed by atoms with Crippen LogP contribution >= 0.6 is 0 Å². The lowest BCUT2D eigenvalue weighted by Crippen LogP contribution is -2.53. The van der Waals surface area contributed by atoms with Crippen molar-refractivity contribution in [3.63, 3.8) is 0 Å². The Morgan fingerprint density at radius 1 is 1.50 bits per heavy atom. The molecule has 0 aromatic heterocycles. The molecule has 0 aromatic rings. The van der Waals surface area contributed by atoms with Gasteiger partial charge in [0.15, 0.2) is 6.23 Å². The Hall–Kier alpha value is -1.30. The first-order valence-electron chi connectivity index (χ1n) is 5.26. The molecule has 0 saturated carbocycles. The van der Waals surface area contributed by atoms with E-state index in [1.54, 1.807) is 20.9 Å². The van der Waals surface area contributed by atoms with Gasteiger partial charge in [0, 0.05) is 13.5 Å². The molecule has 6 nitrogen and oxygen atoms in total. The summed E-state index contributed by atoms with van der Waals surface area (Å²) in [6.07, 6.45) is 0.0583. The second-order valence-corrected chi connectivity index (χ2v) is 4.01. The van der Waals surface area contributed by atoms with Crippen LogP contribution in [-0.2, 0) is 14.4 Å². The van der Waals surface area contributed by atoms with Gasteiger partial charge in [-0.15, -0.1) is 0 Å². The molecule has 1 atom stereocenters. The molecule has 0 bridgehead atoms. The lowest BCUT2D eigenvalue weighted by molar-refractivity contribution is -0.174. The second kappa shape index (κ2) is 5.16. The van der Waals surface area contributed by atoms with Crippen LogP contribution in [0.1, 0.15) is 20.3 Å². The van der Waals surface area contributed by atoms with Crippen LogP contribution in [0, 0.1) is 5.92 Å². The molecule has 1 aliphatic heterocycles. The Bertz CT molecular complexity index is 280. The Balaban J connectivity index is 2.58. The number of nitrogens with zero attached hydrogens (tertiary/aromatic N) is 2. The highest BCUT2D eigenvalue weighted by Gasteiger charge is 2.33. The summed E-state index contributed by atoms with van der Waals surface area (Å²) in [4.78, 5) is 29.3. The van der Waals surface area contributed by atoms with Gasteiger partial charge in [-0.1, -0.05) is 13.8 Å². The van der Waals surface area contributed by atoms with Gasteiger partial charge in [0.2, 0.25) is 0 Å². The van der Waals surface area contributed by atoms with E-state index in [1.165, 1.54) is 17.1 Å². The smallest absolute Gasteiger partial charge is 0.346 e. The van der Waals surface area contributed by atoms with Gasteiger partial charge >= 0.3 is 12.0 Å². The van der Waals surface area contributed by atoms with Crippen molar-refractivity contribution in [1.29, 1.82) is 0 Å². The number of hydrogen-bond donors (Lipinski definition) is 0. The number of hydrogen-bond acceptors (Lipinski definition) is 4. The lowest BCUT2D eigenvalue weighted by atomic mass is 10.2. The van der Waals surface area contributed by atoms with Crippen LogP contribution in [0.15, 0.2) is 0 Å². The summed E-state index contributed by atoms with van der Waals surface area (Å²) in [5, 5.41) is 1.24. The van der Waals surface area contributed by atoms with Gasteiger partial charge in [-0.05, 0) is 0 Å². The molecule has 0 N–H and O–H groups in total. The van der Waals surface area contributed by atoms with Crippen molar-refractivity contribution in [2.75, 3.05) is 20.7 Å². The third kappa shape index (κ3) is 2.63. The number of esters is 1. The van der Waals surface area contributed by atoms with E-state index < -0.39 is 6.23 Å². The molecule has 1 saturated heterocycles. The second-order valence-electron chi connectivity index (χ2n) is 4.01. The molecule has 0 radical (unpaired) electrons. The van der Waals surface area contributed by atoms with Gasteiger partial charge in [-0.2, -0.15) is 0 Å². The molecule has 2 amide bonds. The van der Waals surface area contributed by atoms with Crippen molar-refractivity contribution in [1.82, 2.24) is 9.96 Å². The average Bonchev–Trinajstić information content (AvgIpc) is 2.25. The maximum absolute atomic E-state index is 11.7. The van der Waals surface area contributed by atoms with Gasteiger partial charge in [0.05, 0.1) is 19.6 Å². The van der Waals surface area contributed by atoms with E-state index in [0.29, 0.717) is 13.0 Å². The first-order chi connectivity index (χ1) is 7.47. The lowest BCUT2D eigenvalue weighted by Gasteiger charge is -2.37. The number of amides is 2. The normalized spacial score (nSPS) is 21.6. The molecule has 0 spiro atoms. The number of ether oxygens (including phenoxy) is 1. The summed E-state index contributed by atoms with van der Waals surface area (Å²) < 4.78 is 5.21. The molecule has 1 heterocycles. The maximum atomic E-state index is 11.7. The summed E-state index contributed by atoms with van der Waals surface area (Å²) in [7, 11) is 3.03. The van der Waals surface area contributed by atoms with Crippen LogP contribution < -0.4 is 0 Å². The summed E-state index contributed by atoms with van der Waals surface area (Å²) >= 11 is 0. The van der Waals surface area contributed by atoms with Crippen LogP contribution in [0.5, 0.6) is 0 Å². The third-order valence-corrected chi connectivity index (χ3v) is 2.47. The van der Waals surface area contributed by atoms with E-state index in [-0.39, 0.29) is 17.9 Å². The Morgan fingerprint density at radius 3 is 2.62 bits per heavy atom. The van der Waals surface area contributed by atoms with Crippen molar-refractivity contribution >= 4 is 12.0 Å². The van der Waals surface area contributed by atoms with E-state index >= 15 is 0 Å². The third-order valence-electron chi connectivity index (χ3n) is 2.47. The predicted octanol–water partition coefficient (Wildman–Crippen LogP) is 0.831. The largest absolute Gasteiger partial charge is 0.441 e. The molecule has 16 heavy (non-hydrogen) atoms. The van der Waals surface area contributed by atoms with E-state index in [9.17, 15) is 9.59 Å². The highest BCUT2D eigenvalue weighted by Crippen LogP contribution is 2.16. The maximum Gasteiger partial charge on any atom is 0.346 e. The number of rotatable bonds is 3. The fourth-order valence-electron chi connectivity index (χ4n) is 1.39. The molecular weight excluding hydrogens is 212 g/mol. The molecule has 6 heteroatoms. The molecule has 1 unspecified atom stereocenters. The summed E-state index contributed by atoms with van der Waals surface area (Å²) in [5.74, 6) is -0.487. The molecule has 92 valence electrons. The highest BCUT2D eigenvalue weighted by atomic mass is 16.7. The minimum absolute atomic E-state index is 0.191. The Kier molecular flexibility index (Phi) is 4.12. The fraction of sp³-hybridized carbons (Fsp3) is 0.800. The zero-order valence-electron chi connectivity index (χ0n) is 10.1. The Morgan fingerprint density at radius 2 is 2.12 bits per heavy atom. The number of hydroxylamine groups is 2. The predicted molar refractivity (Wildman–Crippen MR) is 56.2 cm³/mol. The highest BCUT2D eigenvalue weighted by molar-refractivity contribution is 5.75. The van der Waals surface area contributed by atoms with Gasteiger partial charge in [0.25, 0.3) is 0 Å². The van der Waals surface area contributed by atoms with Gasteiger partial charge in [0.1, 0.15) is 0 Å². The van der Waals surface area contributed by atoms with Crippen molar-refractivity contribution in [3.05, 3.63) is 0 Å². The first-order valence-corrected chi connectivity index (χ1v) is 5.26. The molecule has 1 fully saturated rings. The molecule has 0 aliphatic carbocycles.